The molecular formula is C7H9BrF4O. The summed E-state index contributed by atoms with van der Waals surface area (Å²) in [5.74, 6) is 0. The molecule has 1 aliphatic rings. The summed E-state index contributed by atoms with van der Waals surface area (Å²) in [5, 5.41) is 0. The molecule has 0 aromatic carbocycles. The van der Waals surface area contributed by atoms with Crippen molar-refractivity contribution in [1.82, 2.24) is 0 Å². The molecular weight excluding hydrogens is 256 g/mol. The largest absolute Gasteiger partial charge is 0.522 e. The fraction of sp³-hybridized carbons (Fsp3) is 1.00. The van der Waals surface area contributed by atoms with Crippen LogP contribution >= 0.6 is 15.9 Å². The zero-order chi connectivity index (χ0) is 10.1. The van der Waals surface area contributed by atoms with Gasteiger partial charge in [0, 0.05) is 4.83 Å². The molecule has 1 rings (SSSR count). The molecule has 0 aliphatic heterocycles. The van der Waals surface area contributed by atoms with Crippen molar-refractivity contribution in [3.63, 3.8) is 0 Å². The van der Waals surface area contributed by atoms with Crippen LogP contribution in [-0.2, 0) is 4.74 Å². The molecule has 0 N–H and O–H groups in total. The molecule has 6 heteroatoms. The Morgan fingerprint density at radius 3 is 2.31 bits per heavy atom. The summed E-state index contributed by atoms with van der Waals surface area (Å²) < 4.78 is 51.7. The van der Waals surface area contributed by atoms with Gasteiger partial charge in [-0.15, -0.1) is 13.2 Å². The molecule has 0 saturated heterocycles. The molecule has 0 heterocycles. The van der Waals surface area contributed by atoms with Gasteiger partial charge < -0.3 is 0 Å². The quantitative estimate of drug-likeness (QED) is 0.522. The van der Waals surface area contributed by atoms with E-state index in [4.69, 9.17) is 0 Å². The molecule has 0 bridgehead atoms. The van der Waals surface area contributed by atoms with Crippen molar-refractivity contribution < 1.29 is 22.3 Å². The van der Waals surface area contributed by atoms with E-state index in [9.17, 15) is 17.6 Å². The van der Waals surface area contributed by atoms with Gasteiger partial charge in [0.2, 0.25) is 0 Å². The topological polar surface area (TPSA) is 9.23 Å². The van der Waals surface area contributed by atoms with Crippen molar-refractivity contribution in [3.8, 4) is 0 Å². The molecule has 3 atom stereocenters. The second kappa shape index (κ2) is 4.13. The Labute approximate surface area is 81.6 Å². The minimum absolute atomic E-state index is 0.0319. The van der Waals surface area contributed by atoms with Crippen LogP contribution in [0.1, 0.15) is 19.3 Å². The van der Waals surface area contributed by atoms with Gasteiger partial charge in [-0.1, -0.05) is 15.9 Å². The second-order valence-electron chi connectivity index (χ2n) is 3.03. The highest BCUT2D eigenvalue weighted by Crippen LogP contribution is 2.32. The van der Waals surface area contributed by atoms with E-state index in [1.54, 1.807) is 0 Å². The first-order valence-electron chi connectivity index (χ1n) is 3.91. The van der Waals surface area contributed by atoms with Crippen LogP contribution in [0.2, 0.25) is 0 Å². The molecule has 0 radical (unpaired) electrons. The van der Waals surface area contributed by atoms with Crippen LogP contribution < -0.4 is 0 Å². The monoisotopic (exact) mass is 264 g/mol. The summed E-state index contributed by atoms with van der Waals surface area (Å²) in [6.45, 7) is 0. The van der Waals surface area contributed by atoms with Crippen LogP contribution in [-0.4, -0.2) is 23.5 Å². The summed E-state index contributed by atoms with van der Waals surface area (Å²) in [7, 11) is 0. The van der Waals surface area contributed by atoms with Crippen molar-refractivity contribution in [2.24, 2.45) is 0 Å². The van der Waals surface area contributed by atoms with E-state index in [0.717, 1.165) is 0 Å². The third-order valence-corrected chi connectivity index (χ3v) is 2.77. The molecule has 0 amide bonds. The molecule has 0 aromatic rings. The molecule has 13 heavy (non-hydrogen) atoms. The smallest absolute Gasteiger partial charge is 0.286 e. The first-order chi connectivity index (χ1) is 5.88. The standard InChI is InChI=1S/C7H9BrF4O/c8-4-1-2-6(5(9)3-4)13-7(10,11)12/h4-6H,1-3H2. The normalized spacial score (nSPS) is 36.2. The van der Waals surface area contributed by atoms with Gasteiger partial charge in [-0.3, -0.25) is 4.74 Å². The Kier molecular flexibility index (Phi) is 3.57. The number of hydrogen-bond acceptors (Lipinski definition) is 1. The van der Waals surface area contributed by atoms with E-state index in [2.05, 4.69) is 20.7 Å². The van der Waals surface area contributed by atoms with Gasteiger partial charge in [0.1, 0.15) is 6.17 Å². The van der Waals surface area contributed by atoms with Gasteiger partial charge in [-0.2, -0.15) is 0 Å². The lowest BCUT2D eigenvalue weighted by Gasteiger charge is -2.29. The molecule has 0 aromatic heterocycles. The SMILES string of the molecule is FC1CC(Br)CCC1OC(F)(F)F. The van der Waals surface area contributed by atoms with Crippen LogP contribution in [0.25, 0.3) is 0 Å². The van der Waals surface area contributed by atoms with Crippen LogP contribution in [0.3, 0.4) is 0 Å². The number of rotatable bonds is 1. The molecule has 1 fully saturated rings. The maximum Gasteiger partial charge on any atom is 0.522 e. The second-order valence-corrected chi connectivity index (χ2v) is 4.32. The van der Waals surface area contributed by atoms with Crippen LogP contribution in [0, 0.1) is 0 Å². The van der Waals surface area contributed by atoms with E-state index in [1.807, 2.05) is 0 Å². The van der Waals surface area contributed by atoms with E-state index >= 15 is 0 Å². The van der Waals surface area contributed by atoms with Gasteiger partial charge in [-0.05, 0) is 19.3 Å². The maximum atomic E-state index is 13.0. The summed E-state index contributed by atoms with van der Waals surface area (Å²) >= 11 is 3.16. The number of hydrogen-bond donors (Lipinski definition) is 0. The van der Waals surface area contributed by atoms with Crippen molar-refractivity contribution in [1.29, 1.82) is 0 Å². The maximum absolute atomic E-state index is 13.0. The Morgan fingerprint density at radius 2 is 1.85 bits per heavy atom. The number of halogens is 5. The van der Waals surface area contributed by atoms with Crippen molar-refractivity contribution in [2.75, 3.05) is 0 Å². The lowest BCUT2D eigenvalue weighted by molar-refractivity contribution is -0.350. The molecule has 3 unspecified atom stereocenters. The van der Waals surface area contributed by atoms with Crippen LogP contribution in [0.5, 0.6) is 0 Å². The minimum Gasteiger partial charge on any atom is -0.286 e. The third kappa shape index (κ3) is 3.81. The zero-order valence-electron chi connectivity index (χ0n) is 6.65. The van der Waals surface area contributed by atoms with E-state index < -0.39 is 18.6 Å². The number of ether oxygens (including phenoxy) is 1. The van der Waals surface area contributed by atoms with Crippen LogP contribution in [0.4, 0.5) is 17.6 Å². The predicted octanol–water partition coefficient (Wildman–Crippen LogP) is 3.18. The van der Waals surface area contributed by atoms with Gasteiger partial charge >= 0.3 is 6.36 Å². The van der Waals surface area contributed by atoms with Gasteiger partial charge in [-0.25, -0.2) is 4.39 Å². The highest BCUT2D eigenvalue weighted by Gasteiger charge is 2.39. The van der Waals surface area contributed by atoms with E-state index in [1.165, 1.54) is 0 Å². The van der Waals surface area contributed by atoms with Crippen LogP contribution in [0.15, 0.2) is 0 Å². The highest BCUT2D eigenvalue weighted by atomic mass is 79.9. The summed E-state index contributed by atoms with van der Waals surface area (Å²) in [5.41, 5.74) is 0. The Balaban J connectivity index is 2.43. The summed E-state index contributed by atoms with van der Waals surface area (Å²) in [6.07, 6.45) is -6.87. The first-order valence-corrected chi connectivity index (χ1v) is 4.83. The predicted molar refractivity (Wildman–Crippen MR) is 42.4 cm³/mol. The summed E-state index contributed by atoms with van der Waals surface area (Å²) in [4.78, 5) is -0.0319. The van der Waals surface area contributed by atoms with Gasteiger partial charge in [0.25, 0.3) is 0 Å². The fourth-order valence-corrected chi connectivity index (χ4v) is 1.97. The van der Waals surface area contributed by atoms with Crippen molar-refractivity contribution in [3.05, 3.63) is 0 Å². The fourth-order valence-electron chi connectivity index (χ4n) is 1.34. The Hall–Kier alpha value is 0.160. The number of alkyl halides is 5. The van der Waals surface area contributed by atoms with E-state index in [0.29, 0.717) is 6.42 Å². The van der Waals surface area contributed by atoms with Gasteiger partial charge in [0.05, 0.1) is 6.10 Å². The van der Waals surface area contributed by atoms with E-state index in [-0.39, 0.29) is 17.7 Å². The molecule has 1 aliphatic carbocycles. The Bertz CT molecular complexity index is 172. The Morgan fingerprint density at radius 1 is 1.23 bits per heavy atom. The first kappa shape index (κ1) is 11.2. The molecule has 0 spiro atoms. The zero-order valence-corrected chi connectivity index (χ0v) is 8.24. The summed E-state index contributed by atoms with van der Waals surface area (Å²) in [6, 6.07) is 0. The third-order valence-electron chi connectivity index (χ3n) is 1.93. The average Bonchev–Trinajstić information content (AvgIpc) is 1.93. The lowest BCUT2D eigenvalue weighted by atomic mass is 9.96. The van der Waals surface area contributed by atoms with Crippen molar-refractivity contribution in [2.45, 2.75) is 42.7 Å². The highest BCUT2D eigenvalue weighted by molar-refractivity contribution is 9.09. The lowest BCUT2D eigenvalue weighted by Crippen LogP contribution is -2.37. The average molecular weight is 265 g/mol. The van der Waals surface area contributed by atoms with Gasteiger partial charge in [0.15, 0.2) is 0 Å². The minimum atomic E-state index is -4.73. The van der Waals surface area contributed by atoms with Crippen molar-refractivity contribution >= 4 is 15.9 Å². The molecule has 1 nitrogen and oxygen atoms in total. The molecule has 78 valence electrons. The molecule has 1 saturated carbocycles.